The zero-order valence-electron chi connectivity index (χ0n) is 10.9. The van der Waals surface area contributed by atoms with Crippen LogP contribution in [0.15, 0.2) is 24.3 Å². The zero-order valence-corrected chi connectivity index (χ0v) is 11.6. The normalized spacial score (nSPS) is 10.0. The van der Waals surface area contributed by atoms with Gasteiger partial charge in [0, 0.05) is 17.9 Å². The van der Waals surface area contributed by atoms with Crippen molar-refractivity contribution in [3.63, 3.8) is 0 Å². The molecular formula is C14H17ClO4. The molecule has 0 unspecified atom stereocenters. The van der Waals surface area contributed by atoms with E-state index in [0.717, 1.165) is 6.42 Å². The summed E-state index contributed by atoms with van der Waals surface area (Å²) in [5, 5.41) is 0.582. The first-order valence-corrected chi connectivity index (χ1v) is 6.61. The van der Waals surface area contributed by atoms with Crippen LogP contribution in [0.3, 0.4) is 0 Å². The lowest BCUT2D eigenvalue weighted by atomic mass is 10.2. The van der Waals surface area contributed by atoms with Crippen LogP contribution in [0, 0.1) is 0 Å². The third-order valence-corrected chi connectivity index (χ3v) is 2.53. The maximum atomic E-state index is 11.5. The van der Waals surface area contributed by atoms with Crippen molar-refractivity contribution in [2.45, 2.75) is 32.6 Å². The van der Waals surface area contributed by atoms with Crippen molar-refractivity contribution in [2.75, 3.05) is 6.61 Å². The molecule has 0 saturated carbocycles. The minimum Gasteiger partial charge on any atom is -0.466 e. The summed E-state index contributed by atoms with van der Waals surface area (Å²) >= 11 is 5.72. The monoisotopic (exact) mass is 284 g/mol. The van der Waals surface area contributed by atoms with Gasteiger partial charge in [-0.05, 0) is 37.1 Å². The van der Waals surface area contributed by atoms with Crippen molar-refractivity contribution in [3.8, 4) is 5.75 Å². The van der Waals surface area contributed by atoms with Gasteiger partial charge >= 0.3 is 11.9 Å². The van der Waals surface area contributed by atoms with E-state index < -0.39 is 0 Å². The summed E-state index contributed by atoms with van der Waals surface area (Å²) in [7, 11) is 0. The first-order valence-electron chi connectivity index (χ1n) is 6.23. The summed E-state index contributed by atoms with van der Waals surface area (Å²) in [6.07, 6.45) is 1.64. The summed E-state index contributed by atoms with van der Waals surface area (Å²) in [5.74, 6) is -0.199. The topological polar surface area (TPSA) is 52.6 Å². The Hall–Kier alpha value is -1.55. The lowest BCUT2D eigenvalue weighted by Gasteiger charge is -2.04. The average molecular weight is 285 g/mol. The number of halogens is 1. The molecule has 1 rings (SSSR count). The van der Waals surface area contributed by atoms with Gasteiger partial charge in [0.15, 0.2) is 0 Å². The van der Waals surface area contributed by atoms with Crippen LogP contribution in [0.5, 0.6) is 5.75 Å². The Balaban J connectivity index is 2.21. The SMILES string of the molecule is CCCOC(=O)CCCC(=O)Oc1ccc(Cl)cc1. The van der Waals surface area contributed by atoms with E-state index in [1.807, 2.05) is 6.92 Å². The number of hydrogen-bond donors (Lipinski definition) is 0. The maximum Gasteiger partial charge on any atom is 0.311 e. The third-order valence-electron chi connectivity index (χ3n) is 2.27. The molecule has 0 aliphatic heterocycles. The van der Waals surface area contributed by atoms with Crippen LogP contribution in [0.4, 0.5) is 0 Å². The van der Waals surface area contributed by atoms with E-state index in [4.69, 9.17) is 21.1 Å². The van der Waals surface area contributed by atoms with E-state index in [-0.39, 0.29) is 24.8 Å². The highest BCUT2D eigenvalue weighted by Crippen LogP contribution is 2.16. The standard InChI is InChI=1S/C14H17ClO4/c1-2-10-18-13(16)4-3-5-14(17)19-12-8-6-11(15)7-9-12/h6-9H,2-5,10H2,1H3. The van der Waals surface area contributed by atoms with Gasteiger partial charge in [0.05, 0.1) is 6.61 Å². The van der Waals surface area contributed by atoms with Crippen LogP contribution in [-0.2, 0) is 14.3 Å². The smallest absolute Gasteiger partial charge is 0.311 e. The Morgan fingerprint density at radius 1 is 1.11 bits per heavy atom. The van der Waals surface area contributed by atoms with Gasteiger partial charge in [-0.25, -0.2) is 0 Å². The second-order valence-corrected chi connectivity index (χ2v) is 4.44. The second kappa shape index (κ2) is 8.53. The second-order valence-electron chi connectivity index (χ2n) is 4.00. The first kappa shape index (κ1) is 15.5. The average Bonchev–Trinajstić information content (AvgIpc) is 2.39. The fraction of sp³-hybridized carbons (Fsp3) is 0.429. The minimum absolute atomic E-state index is 0.184. The quantitative estimate of drug-likeness (QED) is 0.569. The maximum absolute atomic E-state index is 11.5. The van der Waals surface area contributed by atoms with Crippen molar-refractivity contribution < 1.29 is 19.1 Å². The summed E-state index contributed by atoms with van der Waals surface area (Å²) in [5.41, 5.74) is 0. The largest absolute Gasteiger partial charge is 0.466 e. The molecule has 0 spiro atoms. The number of benzene rings is 1. The summed E-state index contributed by atoms with van der Waals surface area (Å²) in [6, 6.07) is 6.53. The highest BCUT2D eigenvalue weighted by Gasteiger charge is 2.08. The predicted molar refractivity (Wildman–Crippen MR) is 72.2 cm³/mol. The molecule has 0 saturated heterocycles. The molecule has 0 aliphatic carbocycles. The van der Waals surface area contributed by atoms with Crippen LogP contribution in [0.25, 0.3) is 0 Å². The molecule has 0 fully saturated rings. The van der Waals surface area contributed by atoms with E-state index in [9.17, 15) is 9.59 Å². The van der Waals surface area contributed by atoms with Gasteiger partial charge in [-0.15, -0.1) is 0 Å². The number of ether oxygens (including phenoxy) is 2. The van der Waals surface area contributed by atoms with Crippen molar-refractivity contribution in [2.24, 2.45) is 0 Å². The molecule has 0 N–H and O–H groups in total. The van der Waals surface area contributed by atoms with Gasteiger partial charge in [0.25, 0.3) is 0 Å². The summed E-state index contributed by atoms with van der Waals surface area (Å²) < 4.78 is 9.98. The molecule has 19 heavy (non-hydrogen) atoms. The molecule has 5 heteroatoms. The Labute approximate surface area is 117 Å². The zero-order chi connectivity index (χ0) is 14.1. The lowest BCUT2D eigenvalue weighted by molar-refractivity contribution is -0.144. The minimum atomic E-state index is -0.370. The van der Waals surface area contributed by atoms with Crippen molar-refractivity contribution in [1.82, 2.24) is 0 Å². The van der Waals surface area contributed by atoms with E-state index in [1.54, 1.807) is 24.3 Å². The fourth-order valence-corrected chi connectivity index (χ4v) is 1.48. The number of carbonyl (C=O) groups excluding carboxylic acids is 2. The van der Waals surface area contributed by atoms with Crippen LogP contribution >= 0.6 is 11.6 Å². The molecule has 0 atom stereocenters. The molecular weight excluding hydrogens is 268 g/mol. The molecule has 1 aromatic carbocycles. The van der Waals surface area contributed by atoms with Crippen LogP contribution in [-0.4, -0.2) is 18.5 Å². The molecule has 0 radical (unpaired) electrons. The molecule has 0 heterocycles. The highest BCUT2D eigenvalue weighted by atomic mass is 35.5. The van der Waals surface area contributed by atoms with Gasteiger partial charge in [0.1, 0.15) is 5.75 Å². The molecule has 0 amide bonds. The molecule has 1 aromatic rings. The fourth-order valence-electron chi connectivity index (χ4n) is 1.35. The van der Waals surface area contributed by atoms with E-state index in [2.05, 4.69) is 0 Å². The van der Waals surface area contributed by atoms with Crippen LogP contribution < -0.4 is 4.74 Å². The van der Waals surface area contributed by atoms with Gasteiger partial charge in [-0.1, -0.05) is 18.5 Å². The highest BCUT2D eigenvalue weighted by molar-refractivity contribution is 6.30. The third kappa shape index (κ3) is 6.82. The molecule has 4 nitrogen and oxygen atoms in total. The van der Waals surface area contributed by atoms with E-state index >= 15 is 0 Å². The van der Waals surface area contributed by atoms with Crippen LogP contribution in [0.1, 0.15) is 32.6 Å². The van der Waals surface area contributed by atoms with E-state index in [1.165, 1.54) is 0 Å². The first-order chi connectivity index (χ1) is 9.11. The van der Waals surface area contributed by atoms with E-state index in [0.29, 0.717) is 23.8 Å². The number of rotatable bonds is 7. The molecule has 0 aromatic heterocycles. The summed E-state index contributed by atoms with van der Waals surface area (Å²) in [6.45, 7) is 2.35. The lowest BCUT2D eigenvalue weighted by Crippen LogP contribution is -2.10. The summed E-state index contributed by atoms with van der Waals surface area (Å²) in [4.78, 5) is 22.7. The van der Waals surface area contributed by atoms with Gasteiger partial charge < -0.3 is 9.47 Å². The Morgan fingerprint density at radius 2 is 1.74 bits per heavy atom. The predicted octanol–water partition coefficient (Wildman–Crippen LogP) is 3.37. The molecule has 0 aliphatic rings. The number of carbonyl (C=O) groups is 2. The molecule has 0 bridgehead atoms. The van der Waals surface area contributed by atoms with Crippen molar-refractivity contribution in [1.29, 1.82) is 0 Å². The van der Waals surface area contributed by atoms with Crippen LogP contribution in [0.2, 0.25) is 5.02 Å². The van der Waals surface area contributed by atoms with Crippen molar-refractivity contribution >= 4 is 23.5 Å². The Morgan fingerprint density at radius 3 is 2.37 bits per heavy atom. The van der Waals surface area contributed by atoms with Gasteiger partial charge in [0.2, 0.25) is 0 Å². The number of esters is 2. The molecule has 104 valence electrons. The van der Waals surface area contributed by atoms with Gasteiger partial charge in [-0.3, -0.25) is 9.59 Å². The van der Waals surface area contributed by atoms with Gasteiger partial charge in [-0.2, -0.15) is 0 Å². The van der Waals surface area contributed by atoms with Crippen molar-refractivity contribution in [3.05, 3.63) is 29.3 Å². The Bertz CT molecular complexity index is 414. The number of hydrogen-bond acceptors (Lipinski definition) is 4. The Kier molecular flexibility index (Phi) is 6.97.